The molecule has 0 saturated carbocycles. The molecule has 1 N–H and O–H groups in total. The van der Waals surface area contributed by atoms with Gasteiger partial charge >= 0.3 is 6.01 Å². The van der Waals surface area contributed by atoms with E-state index >= 15 is 0 Å². The maximum Gasteiger partial charge on any atom is 0.319 e. The number of aryl methyl sites for hydroxylation is 1. The predicted molar refractivity (Wildman–Crippen MR) is 109 cm³/mol. The molecule has 0 spiro atoms. The van der Waals surface area contributed by atoms with Crippen LogP contribution in [0, 0.1) is 12.9 Å². The van der Waals surface area contributed by atoms with E-state index in [1.807, 2.05) is 34.7 Å². The van der Waals surface area contributed by atoms with E-state index in [-0.39, 0.29) is 23.5 Å². The van der Waals surface area contributed by atoms with Gasteiger partial charge in [-0.25, -0.2) is 14.5 Å². The number of pyridine rings is 2. The van der Waals surface area contributed by atoms with Crippen molar-refractivity contribution in [2.45, 2.75) is 19.4 Å². The molecule has 10 heteroatoms. The third-order valence-corrected chi connectivity index (χ3v) is 5.59. The number of rotatable bonds is 3. The van der Waals surface area contributed by atoms with E-state index in [0.29, 0.717) is 6.54 Å². The van der Waals surface area contributed by atoms with Crippen LogP contribution in [0.2, 0.25) is 0 Å². The Balaban J connectivity index is 1.46. The molecule has 6 rings (SSSR count). The maximum atomic E-state index is 14.1. The van der Waals surface area contributed by atoms with Crippen LogP contribution >= 0.6 is 0 Å². The number of hydrogen-bond acceptors (Lipinski definition) is 7. The van der Waals surface area contributed by atoms with Gasteiger partial charge in [0.2, 0.25) is 5.95 Å². The van der Waals surface area contributed by atoms with Gasteiger partial charge in [0.1, 0.15) is 6.04 Å². The number of anilines is 1. The number of nitrogens with one attached hydrogen (secondary N) is 1. The summed E-state index contributed by atoms with van der Waals surface area (Å²) < 4.78 is 21.8. The van der Waals surface area contributed by atoms with Crippen LogP contribution in [-0.4, -0.2) is 41.3 Å². The lowest BCUT2D eigenvalue weighted by atomic mass is 10.00. The predicted octanol–water partition coefficient (Wildman–Crippen LogP) is 3.10. The van der Waals surface area contributed by atoms with Gasteiger partial charge in [0, 0.05) is 31.1 Å². The number of hydrogen-bond donors (Lipinski definition) is 1. The zero-order chi connectivity index (χ0) is 20.9. The number of aromatic amines is 1. The average Bonchev–Trinajstić information content (AvgIpc) is 3.52. The SMILES string of the molecule is Cc1cccn2nc(C3c4nc[nH]c4CCN3c3nnc(-c4cccnc4F)o3)cc12. The van der Waals surface area contributed by atoms with Crippen LogP contribution in [0.25, 0.3) is 17.0 Å². The molecule has 5 aromatic rings. The molecule has 1 unspecified atom stereocenters. The Morgan fingerprint density at radius 1 is 1.19 bits per heavy atom. The van der Waals surface area contributed by atoms with Gasteiger partial charge in [-0.05, 0) is 36.8 Å². The molecule has 5 aromatic heterocycles. The van der Waals surface area contributed by atoms with Crippen molar-refractivity contribution in [2.24, 2.45) is 0 Å². The summed E-state index contributed by atoms with van der Waals surface area (Å²) in [5, 5.41) is 13.1. The zero-order valence-corrected chi connectivity index (χ0v) is 16.5. The van der Waals surface area contributed by atoms with Crippen molar-refractivity contribution in [1.29, 1.82) is 0 Å². The summed E-state index contributed by atoms with van der Waals surface area (Å²) in [6.45, 7) is 2.66. The molecule has 1 aliphatic heterocycles. The quantitative estimate of drug-likeness (QED) is 0.451. The molecule has 0 aromatic carbocycles. The summed E-state index contributed by atoms with van der Waals surface area (Å²) in [5.74, 6) is -0.573. The van der Waals surface area contributed by atoms with E-state index in [9.17, 15) is 4.39 Å². The van der Waals surface area contributed by atoms with Gasteiger partial charge in [0.15, 0.2) is 0 Å². The number of fused-ring (bicyclic) bond motifs is 2. The summed E-state index contributed by atoms with van der Waals surface area (Å²) in [6.07, 6.45) is 5.71. The number of imidazole rings is 1. The van der Waals surface area contributed by atoms with Crippen LogP contribution in [0.1, 0.15) is 28.7 Å². The highest BCUT2D eigenvalue weighted by Crippen LogP contribution is 2.37. The van der Waals surface area contributed by atoms with Crippen LogP contribution < -0.4 is 4.90 Å². The highest BCUT2D eigenvalue weighted by molar-refractivity contribution is 5.57. The van der Waals surface area contributed by atoms with Crippen molar-refractivity contribution in [2.75, 3.05) is 11.4 Å². The first-order valence-corrected chi connectivity index (χ1v) is 9.87. The van der Waals surface area contributed by atoms with Crippen molar-refractivity contribution in [3.05, 3.63) is 77.6 Å². The number of halogens is 1. The van der Waals surface area contributed by atoms with Crippen molar-refractivity contribution in [3.8, 4) is 11.5 Å². The second-order valence-corrected chi connectivity index (χ2v) is 7.43. The Morgan fingerprint density at radius 3 is 3.00 bits per heavy atom. The molecule has 6 heterocycles. The first-order valence-electron chi connectivity index (χ1n) is 9.87. The lowest BCUT2D eigenvalue weighted by molar-refractivity contribution is 0.499. The van der Waals surface area contributed by atoms with E-state index in [0.717, 1.165) is 34.6 Å². The fourth-order valence-electron chi connectivity index (χ4n) is 4.08. The molecular formula is C21H17FN8O. The average molecular weight is 416 g/mol. The van der Waals surface area contributed by atoms with E-state index < -0.39 is 5.95 Å². The maximum absolute atomic E-state index is 14.1. The van der Waals surface area contributed by atoms with Crippen LogP contribution in [-0.2, 0) is 6.42 Å². The zero-order valence-electron chi connectivity index (χ0n) is 16.5. The van der Waals surface area contributed by atoms with E-state index in [1.54, 1.807) is 18.5 Å². The van der Waals surface area contributed by atoms with Gasteiger partial charge in [-0.2, -0.15) is 9.49 Å². The first-order chi connectivity index (χ1) is 15.2. The Kier molecular flexibility index (Phi) is 3.85. The molecule has 31 heavy (non-hydrogen) atoms. The minimum absolute atomic E-state index is 0.0815. The van der Waals surface area contributed by atoms with Gasteiger partial charge in [-0.15, -0.1) is 5.10 Å². The van der Waals surface area contributed by atoms with Crippen molar-refractivity contribution >= 4 is 11.5 Å². The fraction of sp³-hybridized carbons (Fsp3) is 0.190. The fourth-order valence-corrected chi connectivity index (χ4v) is 4.08. The molecule has 0 aliphatic carbocycles. The summed E-state index contributed by atoms with van der Waals surface area (Å²) in [6, 6.07) is 9.21. The van der Waals surface area contributed by atoms with Gasteiger partial charge in [-0.1, -0.05) is 11.2 Å². The third-order valence-electron chi connectivity index (χ3n) is 5.59. The molecular weight excluding hydrogens is 399 g/mol. The summed E-state index contributed by atoms with van der Waals surface area (Å²) >= 11 is 0. The minimum atomic E-state index is -0.654. The second kappa shape index (κ2) is 6.73. The minimum Gasteiger partial charge on any atom is -0.403 e. The largest absolute Gasteiger partial charge is 0.403 e. The second-order valence-electron chi connectivity index (χ2n) is 7.43. The highest BCUT2D eigenvalue weighted by Gasteiger charge is 2.36. The van der Waals surface area contributed by atoms with Crippen LogP contribution in [0.15, 0.2) is 53.5 Å². The van der Waals surface area contributed by atoms with Crippen molar-refractivity contribution in [3.63, 3.8) is 0 Å². The molecule has 1 aliphatic rings. The number of nitrogens with zero attached hydrogens (tertiary/aromatic N) is 7. The Morgan fingerprint density at radius 2 is 2.13 bits per heavy atom. The molecule has 154 valence electrons. The number of H-pyrrole nitrogens is 1. The van der Waals surface area contributed by atoms with Gasteiger partial charge in [0.25, 0.3) is 5.89 Å². The standard InChI is InChI=1S/C21H17FN8O/c1-12-4-3-8-30-16(12)10-15(28-30)18-17-14(24-11-25-17)6-9-29(18)21-27-26-20(31-21)13-5-2-7-23-19(13)22/h2-5,7-8,10-11,18H,6,9H2,1H3,(H,24,25). The van der Waals surface area contributed by atoms with Crippen LogP contribution in [0.3, 0.4) is 0 Å². The smallest absolute Gasteiger partial charge is 0.319 e. The number of aromatic nitrogens is 7. The van der Waals surface area contributed by atoms with Crippen LogP contribution in [0.4, 0.5) is 10.4 Å². The van der Waals surface area contributed by atoms with E-state index in [2.05, 4.69) is 31.2 Å². The molecule has 1 atom stereocenters. The lowest BCUT2D eigenvalue weighted by Gasteiger charge is -2.32. The first kappa shape index (κ1) is 17.8. The summed E-state index contributed by atoms with van der Waals surface area (Å²) in [4.78, 5) is 13.4. The molecule has 0 amide bonds. The summed E-state index contributed by atoms with van der Waals surface area (Å²) in [5.41, 5.74) is 5.03. The highest BCUT2D eigenvalue weighted by atomic mass is 19.1. The molecule has 9 nitrogen and oxygen atoms in total. The Hall–Kier alpha value is -4.08. The molecule has 0 radical (unpaired) electrons. The monoisotopic (exact) mass is 416 g/mol. The Bertz CT molecular complexity index is 1400. The van der Waals surface area contributed by atoms with Gasteiger partial charge < -0.3 is 14.3 Å². The van der Waals surface area contributed by atoms with E-state index in [4.69, 9.17) is 9.52 Å². The lowest BCUT2D eigenvalue weighted by Crippen LogP contribution is -2.36. The van der Waals surface area contributed by atoms with Crippen molar-refractivity contribution in [1.82, 2.24) is 34.8 Å². The Labute approximate surface area is 175 Å². The van der Waals surface area contributed by atoms with Gasteiger partial charge in [0.05, 0.1) is 28.8 Å². The molecule has 0 fully saturated rings. The van der Waals surface area contributed by atoms with Crippen LogP contribution in [0.5, 0.6) is 0 Å². The molecule has 0 saturated heterocycles. The van der Waals surface area contributed by atoms with E-state index in [1.165, 1.54) is 6.20 Å². The molecule has 0 bridgehead atoms. The summed E-state index contributed by atoms with van der Waals surface area (Å²) in [7, 11) is 0. The van der Waals surface area contributed by atoms with Crippen molar-refractivity contribution < 1.29 is 8.81 Å². The third kappa shape index (κ3) is 2.79. The van der Waals surface area contributed by atoms with Gasteiger partial charge in [-0.3, -0.25) is 0 Å². The topological polar surface area (TPSA) is 101 Å². The normalized spacial score (nSPS) is 16.1.